The average Bonchev–Trinajstić information content (AvgIpc) is 2.97. The van der Waals surface area contributed by atoms with Crippen LogP contribution in [0.2, 0.25) is 0 Å². The Hall–Kier alpha value is -3.39. The quantitative estimate of drug-likeness (QED) is 0.650. The lowest BCUT2D eigenvalue weighted by molar-refractivity contribution is -0.144. The van der Waals surface area contributed by atoms with Gasteiger partial charge in [-0.2, -0.15) is 0 Å². The van der Waals surface area contributed by atoms with Gasteiger partial charge in [-0.3, -0.25) is 9.59 Å². The third-order valence-corrected chi connectivity index (χ3v) is 6.54. The van der Waals surface area contributed by atoms with Crippen molar-refractivity contribution >= 4 is 18.0 Å². The predicted octanol–water partition coefficient (Wildman–Crippen LogP) is 3.11. The number of carbonyl (C=O) groups excluding carboxylic acids is 2. The van der Waals surface area contributed by atoms with Crippen LogP contribution in [0.4, 0.5) is 4.79 Å². The fourth-order valence-electron chi connectivity index (χ4n) is 4.64. The number of carboxylic acids is 1. The molecule has 2 aromatic carbocycles. The number of alkyl carbamates (subject to hydrolysis) is 1. The van der Waals surface area contributed by atoms with Gasteiger partial charge >= 0.3 is 12.1 Å². The van der Waals surface area contributed by atoms with Crippen molar-refractivity contribution in [1.82, 2.24) is 10.2 Å². The largest absolute Gasteiger partial charge is 0.481 e. The van der Waals surface area contributed by atoms with Crippen LogP contribution < -0.4 is 5.32 Å². The Labute approximate surface area is 198 Å². The Balaban J connectivity index is 1.25. The highest BCUT2D eigenvalue weighted by Gasteiger charge is 2.30. The third kappa shape index (κ3) is 5.22. The van der Waals surface area contributed by atoms with E-state index in [1.54, 1.807) is 11.8 Å². The standard InChI is InChI=1S/C26H30N2O6/c1-17(24(29)28-12-13-33-15-18(14-28)25(30)31)10-11-27-26(32)34-16-23-21-8-4-2-6-19(21)20-7-3-5-9-22(20)23/h2-9,17-18,23H,10-16H2,1H3,(H,27,32)(H,30,31). The van der Waals surface area contributed by atoms with Crippen molar-refractivity contribution < 1.29 is 29.0 Å². The van der Waals surface area contributed by atoms with Crippen molar-refractivity contribution in [2.75, 3.05) is 39.5 Å². The number of nitrogens with zero attached hydrogens (tertiary/aromatic N) is 1. The number of nitrogens with one attached hydrogen (secondary N) is 1. The van der Waals surface area contributed by atoms with Gasteiger partial charge in [0.05, 0.1) is 19.1 Å². The highest BCUT2D eigenvalue weighted by molar-refractivity contribution is 5.80. The summed E-state index contributed by atoms with van der Waals surface area (Å²) in [5.74, 6) is -2.19. The number of carbonyl (C=O) groups is 3. The number of ether oxygens (including phenoxy) is 2. The Kier molecular flexibility index (Phi) is 7.47. The molecule has 0 saturated carbocycles. The van der Waals surface area contributed by atoms with Crippen LogP contribution in [0.1, 0.15) is 30.4 Å². The molecule has 1 aliphatic carbocycles. The number of carboxylic acid groups (broad SMARTS) is 1. The fraction of sp³-hybridized carbons (Fsp3) is 0.423. The van der Waals surface area contributed by atoms with Gasteiger partial charge < -0.3 is 24.8 Å². The predicted molar refractivity (Wildman–Crippen MR) is 125 cm³/mol. The van der Waals surface area contributed by atoms with Crippen LogP contribution >= 0.6 is 0 Å². The minimum Gasteiger partial charge on any atom is -0.481 e. The molecule has 4 rings (SSSR count). The zero-order valence-electron chi connectivity index (χ0n) is 19.2. The molecule has 0 radical (unpaired) electrons. The van der Waals surface area contributed by atoms with Gasteiger partial charge in [-0.15, -0.1) is 0 Å². The molecule has 2 amide bonds. The van der Waals surface area contributed by atoms with Crippen LogP contribution in [0.25, 0.3) is 11.1 Å². The molecule has 1 heterocycles. The molecule has 34 heavy (non-hydrogen) atoms. The van der Waals surface area contributed by atoms with Crippen LogP contribution in [0.5, 0.6) is 0 Å². The van der Waals surface area contributed by atoms with Gasteiger partial charge in [0, 0.05) is 31.5 Å². The number of rotatable bonds is 7. The first kappa shape index (κ1) is 23.8. The van der Waals surface area contributed by atoms with Crippen LogP contribution in [-0.4, -0.2) is 67.4 Å². The molecule has 0 aromatic heterocycles. The number of hydrogen-bond donors (Lipinski definition) is 2. The maximum absolute atomic E-state index is 12.8. The van der Waals surface area contributed by atoms with E-state index in [0.717, 1.165) is 11.1 Å². The minimum absolute atomic E-state index is 0.00825. The van der Waals surface area contributed by atoms with E-state index in [-0.39, 0.29) is 44.0 Å². The molecule has 180 valence electrons. The molecular formula is C26H30N2O6. The minimum atomic E-state index is -0.968. The maximum Gasteiger partial charge on any atom is 0.407 e. The van der Waals surface area contributed by atoms with Crippen LogP contribution in [0, 0.1) is 11.8 Å². The Morgan fingerprint density at radius 1 is 1.12 bits per heavy atom. The van der Waals surface area contributed by atoms with E-state index in [2.05, 4.69) is 29.6 Å². The van der Waals surface area contributed by atoms with E-state index in [0.29, 0.717) is 19.6 Å². The first-order valence-electron chi connectivity index (χ1n) is 11.6. The van der Waals surface area contributed by atoms with Crippen molar-refractivity contribution in [2.24, 2.45) is 11.8 Å². The molecule has 0 bridgehead atoms. The van der Waals surface area contributed by atoms with Crippen molar-refractivity contribution in [3.8, 4) is 11.1 Å². The second-order valence-corrected chi connectivity index (χ2v) is 8.84. The van der Waals surface area contributed by atoms with Crippen molar-refractivity contribution in [3.63, 3.8) is 0 Å². The molecule has 2 unspecified atom stereocenters. The van der Waals surface area contributed by atoms with E-state index in [1.165, 1.54) is 11.1 Å². The number of amides is 2. The van der Waals surface area contributed by atoms with E-state index >= 15 is 0 Å². The van der Waals surface area contributed by atoms with Crippen LogP contribution in [-0.2, 0) is 19.1 Å². The van der Waals surface area contributed by atoms with E-state index in [4.69, 9.17) is 9.47 Å². The summed E-state index contributed by atoms with van der Waals surface area (Å²) in [7, 11) is 0. The molecule has 2 aliphatic rings. The molecule has 0 spiro atoms. The number of aliphatic carboxylic acids is 1. The van der Waals surface area contributed by atoms with E-state index < -0.39 is 18.0 Å². The summed E-state index contributed by atoms with van der Waals surface area (Å²) in [6, 6.07) is 16.3. The topological polar surface area (TPSA) is 105 Å². The highest BCUT2D eigenvalue weighted by atomic mass is 16.5. The maximum atomic E-state index is 12.8. The monoisotopic (exact) mass is 466 g/mol. The fourth-order valence-corrected chi connectivity index (χ4v) is 4.64. The normalized spacial score (nSPS) is 18.4. The molecule has 1 saturated heterocycles. The van der Waals surface area contributed by atoms with Crippen molar-refractivity contribution in [3.05, 3.63) is 59.7 Å². The van der Waals surface area contributed by atoms with Crippen molar-refractivity contribution in [2.45, 2.75) is 19.3 Å². The lowest BCUT2D eigenvalue weighted by atomic mass is 9.98. The second-order valence-electron chi connectivity index (χ2n) is 8.84. The van der Waals surface area contributed by atoms with Gasteiger partial charge in [0.15, 0.2) is 0 Å². The first-order chi connectivity index (χ1) is 16.5. The summed E-state index contributed by atoms with van der Waals surface area (Å²) < 4.78 is 10.8. The van der Waals surface area contributed by atoms with Crippen LogP contribution in [0.15, 0.2) is 48.5 Å². The Morgan fingerprint density at radius 2 is 1.76 bits per heavy atom. The second kappa shape index (κ2) is 10.7. The SMILES string of the molecule is CC(CCNC(=O)OCC1c2ccccc2-c2ccccc21)C(=O)N1CCOCC(C(=O)O)C1. The summed E-state index contributed by atoms with van der Waals surface area (Å²) in [6.45, 7) is 3.24. The zero-order chi connectivity index (χ0) is 24.1. The summed E-state index contributed by atoms with van der Waals surface area (Å²) in [6.07, 6.45) is -0.0892. The van der Waals surface area contributed by atoms with Gasteiger partial charge in [0.1, 0.15) is 6.61 Å². The summed E-state index contributed by atoms with van der Waals surface area (Å²) in [4.78, 5) is 37.9. The van der Waals surface area contributed by atoms with Gasteiger partial charge in [0.2, 0.25) is 5.91 Å². The Morgan fingerprint density at radius 3 is 2.41 bits per heavy atom. The lowest BCUT2D eigenvalue weighted by Crippen LogP contribution is -2.41. The molecular weight excluding hydrogens is 436 g/mol. The average molecular weight is 467 g/mol. The van der Waals surface area contributed by atoms with Gasteiger partial charge in [-0.1, -0.05) is 55.5 Å². The lowest BCUT2D eigenvalue weighted by Gasteiger charge is -2.25. The van der Waals surface area contributed by atoms with Gasteiger partial charge in [-0.25, -0.2) is 4.79 Å². The summed E-state index contributed by atoms with van der Waals surface area (Å²) in [5, 5.41) is 12.0. The zero-order valence-corrected chi connectivity index (χ0v) is 19.2. The van der Waals surface area contributed by atoms with Gasteiger partial charge in [-0.05, 0) is 28.7 Å². The number of hydrogen-bond acceptors (Lipinski definition) is 5. The van der Waals surface area contributed by atoms with E-state index in [9.17, 15) is 19.5 Å². The first-order valence-corrected chi connectivity index (χ1v) is 11.6. The molecule has 2 N–H and O–H groups in total. The highest BCUT2D eigenvalue weighted by Crippen LogP contribution is 2.44. The third-order valence-electron chi connectivity index (χ3n) is 6.54. The molecule has 1 aliphatic heterocycles. The van der Waals surface area contributed by atoms with Gasteiger partial charge in [0.25, 0.3) is 0 Å². The molecule has 1 fully saturated rings. The smallest absolute Gasteiger partial charge is 0.407 e. The molecule has 8 nitrogen and oxygen atoms in total. The van der Waals surface area contributed by atoms with Crippen LogP contribution in [0.3, 0.4) is 0 Å². The summed E-state index contributed by atoms with van der Waals surface area (Å²) >= 11 is 0. The van der Waals surface area contributed by atoms with Crippen molar-refractivity contribution in [1.29, 1.82) is 0 Å². The number of benzene rings is 2. The summed E-state index contributed by atoms with van der Waals surface area (Å²) in [5.41, 5.74) is 4.64. The molecule has 2 aromatic rings. The molecule has 2 atom stereocenters. The Bertz CT molecular complexity index is 1010. The number of fused-ring (bicyclic) bond motifs is 3. The van der Waals surface area contributed by atoms with E-state index in [1.807, 2.05) is 24.3 Å². The molecule has 8 heteroatoms.